The van der Waals surface area contributed by atoms with Crippen molar-refractivity contribution in [2.75, 3.05) is 0 Å². The fourth-order valence-electron chi connectivity index (χ4n) is 2.40. The van der Waals surface area contributed by atoms with Gasteiger partial charge in [-0.25, -0.2) is 8.42 Å². The summed E-state index contributed by atoms with van der Waals surface area (Å²) < 4.78 is 33.6. The van der Waals surface area contributed by atoms with E-state index in [0.717, 1.165) is 5.56 Å². The Hall–Kier alpha value is -2.22. The number of sulfonamides is 1. The molecule has 1 N–H and O–H groups in total. The third-order valence-electron chi connectivity index (χ3n) is 3.55. The van der Waals surface area contributed by atoms with Crippen LogP contribution in [0.1, 0.15) is 23.4 Å². The van der Waals surface area contributed by atoms with Crippen LogP contribution in [0.4, 0.5) is 0 Å². The van der Waals surface area contributed by atoms with Crippen LogP contribution < -0.4 is 4.72 Å². The summed E-state index contributed by atoms with van der Waals surface area (Å²) in [5.41, 5.74) is 0.935. The highest BCUT2D eigenvalue weighted by atomic mass is 35.5. The van der Waals surface area contributed by atoms with Crippen LogP contribution in [0.2, 0.25) is 5.02 Å². The molecule has 0 aliphatic heterocycles. The summed E-state index contributed by atoms with van der Waals surface area (Å²) in [5, 5.41) is 7.91. The highest BCUT2D eigenvalue weighted by Gasteiger charge is 2.27. The minimum atomic E-state index is -3.86. The Labute approximate surface area is 150 Å². The van der Waals surface area contributed by atoms with Gasteiger partial charge in [-0.1, -0.05) is 54.1 Å². The van der Waals surface area contributed by atoms with Gasteiger partial charge in [0.15, 0.2) is 0 Å². The summed E-state index contributed by atoms with van der Waals surface area (Å²) in [4.78, 5) is 0.00552. The van der Waals surface area contributed by atoms with E-state index >= 15 is 0 Å². The van der Waals surface area contributed by atoms with Gasteiger partial charge in [-0.15, -0.1) is 10.2 Å². The minimum absolute atomic E-state index is 0.00552. The van der Waals surface area contributed by atoms with Crippen LogP contribution in [-0.4, -0.2) is 18.6 Å². The lowest BCUT2D eigenvalue weighted by molar-refractivity contribution is 0.411. The van der Waals surface area contributed by atoms with E-state index in [1.54, 1.807) is 19.1 Å². The SMILES string of the molecule is Cc1nnc(C(Cc2ccccc2)NS(=O)(=O)c2ccccc2Cl)o1. The Balaban J connectivity index is 1.93. The fraction of sp³-hybridized carbons (Fsp3) is 0.176. The molecule has 0 saturated carbocycles. The highest BCUT2D eigenvalue weighted by Crippen LogP contribution is 2.24. The zero-order chi connectivity index (χ0) is 17.9. The largest absolute Gasteiger partial charge is 0.424 e. The number of rotatable bonds is 6. The standard InChI is InChI=1S/C17H16ClN3O3S/c1-12-19-20-17(24-12)15(11-13-7-3-2-4-8-13)21-25(22,23)16-10-6-5-9-14(16)18/h2-10,15,21H,11H2,1H3. The lowest BCUT2D eigenvalue weighted by Crippen LogP contribution is -2.30. The van der Waals surface area contributed by atoms with E-state index in [9.17, 15) is 8.42 Å². The topological polar surface area (TPSA) is 85.1 Å². The molecule has 130 valence electrons. The molecule has 0 amide bonds. The Morgan fingerprint density at radius 1 is 1.08 bits per heavy atom. The van der Waals surface area contributed by atoms with Crippen LogP contribution in [-0.2, 0) is 16.4 Å². The summed E-state index contributed by atoms with van der Waals surface area (Å²) in [6.07, 6.45) is 0.367. The summed E-state index contributed by atoms with van der Waals surface area (Å²) in [7, 11) is -3.86. The molecule has 2 aromatic carbocycles. The van der Waals surface area contributed by atoms with Crippen molar-refractivity contribution in [2.45, 2.75) is 24.3 Å². The molecule has 1 atom stereocenters. The van der Waals surface area contributed by atoms with Crippen LogP contribution in [0.25, 0.3) is 0 Å². The molecule has 1 heterocycles. The van der Waals surface area contributed by atoms with Crippen molar-refractivity contribution < 1.29 is 12.8 Å². The maximum Gasteiger partial charge on any atom is 0.242 e. The fourth-order valence-corrected chi connectivity index (χ4v) is 4.10. The zero-order valence-electron chi connectivity index (χ0n) is 13.4. The second kappa shape index (κ2) is 7.35. The molecular weight excluding hydrogens is 362 g/mol. The van der Waals surface area contributed by atoms with Gasteiger partial charge < -0.3 is 4.42 Å². The number of hydrogen-bond donors (Lipinski definition) is 1. The molecule has 0 spiro atoms. The number of nitrogens with zero attached hydrogens (tertiary/aromatic N) is 2. The Kier molecular flexibility index (Phi) is 5.17. The zero-order valence-corrected chi connectivity index (χ0v) is 15.0. The first-order valence-corrected chi connectivity index (χ1v) is 9.42. The molecule has 25 heavy (non-hydrogen) atoms. The maximum atomic E-state index is 12.7. The van der Waals surface area contributed by atoms with Gasteiger partial charge in [-0.2, -0.15) is 4.72 Å². The first-order valence-electron chi connectivity index (χ1n) is 7.56. The van der Waals surface area contributed by atoms with Crippen molar-refractivity contribution in [3.8, 4) is 0 Å². The summed E-state index contributed by atoms with van der Waals surface area (Å²) in [6, 6.07) is 15.0. The molecule has 0 aliphatic carbocycles. The van der Waals surface area contributed by atoms with Gasteiger partial charge in [0.05, 0.1) is 5.02 Å². The quantitative estimate of drug-likeness (QED) is 0.712. The van der Waals surface area contributed by atoms with Crippen LogP contribution in [0, 0.1) is 6.92 Å². The molecule has 8 heteroatoms. The molecular formula is C17H16ClN3O3S. The van der Waals surface area contributed by atoms with Crippen molar-refractivity contribution >= 4 is 21.6 Å². The lowest BCUT2D eigenvalue weighted by atomic mass is 10.1. The van der Waals surface area contributed by atoms with E-state index in [2.05, 4.69) is 14.9 Å². The molecule has 6 nitrogen and oxygen atoms in total. The van der Waals surface area contributed by atoms with E-state index in [-0.39, 0.29) is 15.8 Å². The second-order valence-corrected chi connectivity index (χ2v) is 7.54. The number of halogens is 1. The van der Waals surface area contributed by atoms with Crippen LogP contribution >= 0.6 is 11.6 Å². The second-order valence-electron chi connectivity index (χ2n) is 5.45. The number of nitrogens with one attached hydrogen (secondary N) is 1. The van der Waals surface area contributed by atoms with Crippen LogP contribution in [0.5, 0.6) is 0 Å². The average molecular weight is 378 g/mol. The molecule has 3 aromatic rings. The molecule has 1 aromatic heterocycles. The first-order chi connectivity index (χ1) is 12.0. The first kappa shape index (κ1) is 17.6. The van der Waals surface area contributed by atoms with E-state index in [4.69, 9.17) is 16.0 Å². The van der Waals surface area contributed by atoms with Gasteiger partial charge >= 0.3 is 0 Å². The van der Waals surface area contributed by atoms with Gasteiger partial charge in [-0.05, 0) is 24.1 Å². The van der Waals surface area contributed by atoms with Gasteiger partial charge in [0.1, 0.15) is 10.9 Å². The van der Waals surface area contributed by atoms with Crippen LogP contribution in [0.3, 0.4) is 0 Å². The van der Waals surface area contributed by atoms with Gasteiger partial charge in [-0.3, -0.25) is 0 Å². The normalized spacial score (nSPS) is 12.9. The van der Waals surface area contributed by atoms with Crippen molar-refractivity contribution in [1.82, 2.24) is 14.9 Å². The molecule has 3 rings (SSSR count). The predicted molar refractivity (Wildman–Crippen MR) is 93.7 cm³/mol. The lowest BCUT2D eigenvalue weighted by Gasteiger charge is -2.16. The molecule has 0 radical (unpaired) electrons. The van der Waals surface area contributed by atoms with Gasteiger partial charge in [0.25, 0.3) is 0 Å². The van der Waals surface area contributed by atoms with Crippen molar-refractivity contribution in [3.63, 3.8) is 0 Å². The highest BCUT2D eigenvalue weighted by molar-refractivity contribution is 7.89. The average Bonchev–Trinajstić information content (AvgIpc) is 3.02. The Bertz CT molecular complexity index is 958. The van der Waals surface area contributed by atoms with E-state index in [0.29, 0.717) is 12.3 Å². The Morgan fingerprint density at radius 2 is 1.76 bits per heavy atom. The number of benzene rings is 2. The Morgan fingerprint density at radius 3 is 2.40 bits per heavy atom. The smallest absolute Gasteiger partial charge is 0.242 e. The van der Waals surface area contributed by atoms with Crippen molar-refractivity contribution in [3.05, 3.63) is 77.0 Å². The van der Waals surface area contributed by atoms with E-state index in [1.165, 1.54) is 12.1 Å². The van der Waals surface area contributed by atoms with Crippen LogP contribution in [0.15, 0.2) is 63.9 Å². The summed E-state index contributed by atoms with van der Waals surface area (Å²) >= 11 is 6.03. The summed E-state index contributed by atoms with van der Waals surface area (Å²) in [6.45, 7) is 1.65. The molecule has 0 saturated heterocycles. The third kappa shape index (κ3) is 4.25. The van der Waals surface area contributed by atoms with Crippen molar-refractivity contribution in [2.24, 2.45) is 0 Å². The molecule has 0 bridgehead atoms. The predicted octanol–water partition coefficient (Wildman–Crippen LogP) is 3.29. The van der Waals surface area contributed by atoms with E-state index < -0.39 is 16.1 Å². The monoisotopic (exact) mass is 377 g/mol. The number of aromatic nitrogens is 2. The van der Waals surface area contributed by atoms with Crippen molar-refractivity contribution in [1.29, 1.82) is 0 Å². The maximum absolute atomic E-state index is 12.7. The van der Waals surface area contributed by atoms with E-state index in [1.807, 2.05) is 30.3 Å². The number of aryl methyl sites for hydroxylation is 1. The molecule has 1 unspecified atom stereocenters. The molecule has 0 aliphatic rings. The number of hydrogen-bond acceptors (Lipinski definition) is 5. The molecule has 0 fully saturated rings. The van der Waals surface area contributed by atoms with Gasteiger partial charge in [0.2, 0.25) is 21.8 Å². The summed E-state index contributed by atoms with van der Waals surface area (Å²) in [5.74, 6) is 0.571. The minimum Gasteiger partial charge on any atom is -0.424 e. The van der Waals surface area contributed by atoms with Gasteiger partial charge in [0, 0.05) is 6.92 Å². The third-order valence-corrected chi connectivity index (χ3v) is 5.52.